The summed E-state index contributed by atoms with van der Waals surface area (Å²) in [7, 11) is 0. The molecule has 0 aliphatic rings. The number of amides is 1. The van der Waals surface area contributed by atoms with Crippen molar-refractivity contribution in [3.63, 3.8) is 0 Å². The first-order chi connectivity index (χ1) is 7.68. The first kappa shape index (κ1) is 10.6. The number of nitrogens with two attached hydrogens (primary N) is 1. The lowest BCUT2D eigenvalue weighted by Gasteiger charge is -2.05. The standard InChI is InChI=1S/C12H9ClN2O/c13-9-4-1-3-8(7-9)11-10(12(14)16)5-2-6-15-11/h1-7H,(H2,14,16). The molecule has 2 aromatic rings. The lowest BCUT2D eigenvalue weighted by molar-refractivity contribution is 0.100. The molecule has 0 saturated heterocycles. The minimum absolute atomic E-state index is 0.393. The molecule has 2 rings (SSSR count). The Bertz CT molecular complexity index is 540. The second-order valence-electron chi connectivity index (χ2n) is 3.27. The highest BCUT2D eigenvalue weighted by atomic mass is 35.5. The summed E-state index contributed by atoms with van der Waals surface area (Å²) in [5.74, 6) is -0.497. The summed E-state index contributed by atoms with van der Waals surface area (Å²) in [5.41, 5.74) is 7.00. The van der Waals surface area contributed by atoms with Crippen LogP contribution in [0.2, 0.25) is 5.02 Å². The van der Waals surface area contributed by atoms with E-state index in [0.29, 0.717) is 16.3 Å². The van der Waals surface area contributed by atoms with E-state index in [1.807, 2.05) is 6.07 Å². The molecule has 16 heavy (non-hydrogen) atoms. The molecular weight excluding hydrogens is 224 g/mol. The molecule has 0 saturated carbocycles. The summed E-state index contributed by atoms with van der Waals surface area (Å²) in [6.45, 7) is 0. The van der Waals surface area contributed by atoms with Gasteiger partial charge in [0, 0.05) is 16.8 Å². The maximum Gasteiger partial charge on any atom is 0.250 e. The van der Waals surface area contributed by atoms with Crippen molar-refractivity contribution >= 4 is 17.5 Å². The molecule has 80 valence electrons. The highest BCUT2D eigenvalue weighted by molar-refractivity contribution is 6.30. The van der Waals surface area contributed by atoms with Gasteiger partial charge < -0.3 is 5.73 Å². The first-order valence-corrected chi connectivity index (χ1v) is 5.07. The molecule has 0 radical (unpaired) electrons. The minimum Gasteiger partial charge on any atom is -0.366 e. The lowest BCUT2D eigenvalue weighted by atomic mass is 10.1. The lowest BCUT2D eigenvalue weighted by Crippen LogP contribution is -2.12. The van der Waals surface area contributed by atoms with Crippen molar-refractivity contribution in [2.75, 3.05) is 0 Å². The summed E-state index contributed by atoms with van der Waals surface area (Å²) < 4.78 is 0. The predicted molar refractivity (Wildman–Crippen MR) is 63.2 cm³/mol. The zero-order valence-corrected chi connectivity index (χ0v) is 9.11. The van der Waals surface area contributed by atoms with Crippen LogP contribution in [0.15, 0.2) is 42.6 Å². The topological polar surface area (TPSA) is 56.0 Å². The highest BCUT2D eigenvalue weighted by Crippen LogP contribution is 2.23. The third-order valence-corrected chi connectivity index (χ3v) is 2.41. The molecule has 1 aromatic heterocycles. The van der Waals surface area contributed by atoms with Gasteiger partial charge in [0.15, 0.2) is 0 Å². The molecule has 0 aliphatic heterocycles. The Labute approximate surface area is 97.9 Å². The van der Waals surface area contributed by atoms with Crippen LogP contribution < -0.4 is 5.73 Å². The van der Waals surface area contributed by atoms with Crippen LogP contribution in [0.1, 0.15) is 10.4 Å². The molecular formula is C12H9ClN2O. The number of hydrogen-bond donors (Lipinski definition) is 1. The van der Waals surface area contributed by atoms with Crippen LogP contribution in [0.3, 0.4) is 0 Å². The van der Waals surface area contributed by atoms with Crippen molar-refractivity contribution in [2.24, 2.45) is 5.73 Å². The van der Waals surface area contributed by atoms with E-state index < -0.39 is 5.91 Å². The number of nitrogens with zero attached hydrogens (tertiary/aromatic N) is 1. The van der Waals surface area contributed by atoms with Crippen LogP contribution in [0, 0.1) is 0 Å². The predicted octanol–water partition coefficient (Wildman–Crippen LogP) is 2.50. The smallest absolute Gasteiger partial charge is 0.250 e. The van der Waals surface area contributed by atoms with Gasteiger partial charge in [-0.1, -0.05) is 23.7 Å². The van der Waals surface area contributed by atoms with E-state index in [1.54, 1.807) is 36.5 Å². The van der Waals surface area contributed by atoms with Crippen molar-refractivity contribution < 1.29 is 4.79 Å². The number of benzene rings is 1. The van der Waals surface area contributed by atoms with Gasteiger partial charge in [0.1, 0.15) is 0 Å². The van der Waals surface area contributed by atoms with Crippen molar-refractivity contribution in [3.8, 4) is 11.3 Å². The molecule has 0 fully saturated rings. The number of halogens is 1. The number of rotatable bonds is 2. The Morgan fingerprint density at radius 3 is 2.75 bits per heavy atom. The molecule has 3 nitrogen and oxygen atoms in total. The summed E-state index contributed by atoms with van der Waals surface area (Å²) in [5, 5.41) is 0.596. The van der Waals surface area contributed by atoms with Crippen LogP contribution in [0.5, 0.6) is 0 Å². The van der Waals surface area contributed by atoms with Gasteiger partial charge in [-0.05, 0) is 24.3 Å². The number of hydrogen-bond acceptors (Lipinski definition) is 2. The van der Waals surface area contributed by atoms with Crippen LogP contribution >= 0.6 is 11.6 Å². The fourth-order valence-electron chi connectivity index (χ4n) is 1.47. The summed E-state index contributed by atoms with van der Waals surface area (Å²) in [6, 6.07) is 10.5. The van der Waals surface area contributed by atoms with Crippen molar-refractivity contribution in [1.29, 1.82) is 0 Å². The van der Waals surface area contributed by atoms with Crippen molar-refractivity contribution in [2.45, 2.75) is 0 Å². The van der Waals surface area contributed by atoms with E-state index >= 15 is 0 Å². The minimum atomic E-state index is -0.497. The summed E-state index contributed by atoms with van der Waals surface area (Å²) in [6.07, 6.45) is 1.61. The van der Waals surface area contributed by atoms with E-state index in [0.717, 1.165) is 5.56 Å². The number of aromatic nitrogens is 1. The maximum absolute atomic E-state index is 11.2. The first-order valence-electron chi connectivity index (χ1n) is 4.69. The maximum atomic E-state index is 11.2. The molecule has 1 aromatic carbocycles. The number of carbonyl (C=O) groups excluding carboxylic acids is 1. The SMILES string of the molecule is NC(=O)c1cccnc1-c1cccc(Cl)c1. The van der Waals surface area contributed by atoms with Gasteiger partial charge in [-0.3, -0.25) is 9.78 Å². The zero-order valence-electron chi connectivity index (χ0n) is 8.35. The molecule has 0 spiro atoms. The number of pyridine rings is 1. The fourth-order valence-corrected chi connectivity index (χ4v) is 1.66. The molecule has 4 heteroatoms. The van der Waals surface area contributed by atoms with Crippen LogP contribution in [0.4, 0.5) is 0 Å². The average molecular weight is 233 g/mol. The van der Waals surface area contributed by atoms with E-state index in [1.165, 1.54) is 0 Å². The second kappa shape index (κ2) is 4.33. The Morgan fingerprint density at radius 1 is 1.25 bits per heavy atom. The summed E-state index contributed by atoms with van der Waals surface area (Å²) >= 11 is 5.88. The molecule has 0 atom stereocenters. The van der Waals surface area contributed by atoms with Crippen molar-refractivity contribution in [1.82, 2.24) is 4.98 Å². The van der Waals surface area contributed by atoms with Gasteiger partial charge in [-0.2, -0.15) is 0 Å². The normalized spacial score (nSPS) is 10.1. The third-order valence-electron chi connectivity index (χ3n) is 2.17. The molecule has 2 N–H and O–H groups in total. The quantitative estimate of drug-likeness (QED) is 0.865. The van der Waals surface area contributed by atoms with E-state index in [-0.39, 0.29) is 0 Å². The van der Waals surface area contributed by atoms with Crippen LogP contribution in [-0.2, 0) is 0 Å². The van der Waals surface area contributed by atoms with Gasteiger partial charge in [-0.25, -0.2) is 0 Å². The molecule has 1 amide bonds. The largest absolute Gasteiger partial charge is 0.366 e. The van der Waals surface area contributed by atoms with E-state index in [4.69, 9.17) is 17.3 Å². The van der Waals surface area contributed by atoms with Gasteiger partial charge in [0.2, 0.25) is 0 Å². The second-order valence-corrected chi connectivity index (χ2v) is 3.71. The summed E-state index contributed by atoms with van der Waals surface area (Å²) in [4.78, 5) is 15.4. The Hall–Kier alpha value is -1.87. The van der Waals surface area contributed by atoms with E-state index in [9.17, 15) is 4.79 Å². The van der Waals surface area contributed by atoms with Gasteiger partial charge >= 0.3 is 0 Å². The Kier molecular flexibility index (Phi) is 2.88. The van der Waals surface area contributed by atoms with Crippen molar-refractivity contribution in [3.05, 3.63) is 53.2 Å². The fraction of sp³-hybridized carbons (Fsp3) is 0. The van der Waals surface area contributed by atoms with Gasteiger partial charge in [-0.15, -0.1) is 0 Å². The number of primary amides is 1. The molecule has 0 aliphatic carbocycles. The van der Waals surface area contributed by atoms with E-state index in [2.05, 4.69) is 4.98 Å². The average Bonchev–Trinajstić information content (AvgIpc) is 2.29. The van der Waals surface area contributed by atoms with Crippen LogP contribution in [-0.4, -0.2) is 10.9 Å². The van der Waals surface area contributed by atoms with Crippen LogP contribution in [0.25, 0.3) is 11.3 Å². The Morgan fingerprint density at radius 2 is 2.06 bits per heavy atom. The third kappa shape index (κ3) is 2.04. The molecule has 0 unspecified atom stereocenters. The monoisotopic (exact) mass is 232 g/mol. The number of carbonyl (C=O) groups is 1. The Balaban J connectivity index is 2.60. The van der Waals surface area contributed by atoms with Gasteiger partial charge in [0.05, 0.1) is 11.3 Å². The van der Waals surface area contributed by atoms with Gasteiger partial charge in [0.25, 0.3) is 5.91 Å². The molecule has 1 heterocycles. The molecule has 0 bridgehead atoms. The zero-order chi connectivity index (χ0) is 11.5. The highest BCUT2D eigenvalue weighted by Gasteiger charge is 2.10.